The Morgan fingerprint density at radius 2 is 1.94 bits per heavy atom. The van der Waals surface area contributed by atoms with Gasteiger partial charge in [0.25, 0.3) is 0 Å². The number of amides is 1. The molecule has 0 atom stereocenters. The SMILES string of the molecule is O=C([O-])CCC(=O)Nc1cc(Cl)ccc1Cl. The minimum Gasteiger partial charge on any atom is -0.550 e. The molecule has 0 aliphatic heterocycles. The Bertz CT molecular complexity index is 421. The van der Waals surface area contributed by atoms with Crippen LogP contribution in [0.5, 0.6) is 0 Å². The van der Waals surface area contributed by atoms with Gasteiger partial charge >= 0.3 is 0 Å². The van der Waals surface area contributed by atoms with Crippen LogP contribution in [0.2, 0.25) is 10.0 Å². The van der Waals surface area contributed by atoms with Crippen LogP contribution in [0.25, 0.3) is 0 Å². The largest absolute Gasteiger partial charge is 0.550 e. The van der Waals surface area contributed by atoms with Gasteiger partial charge in [-0.25, -0.2) is 0 Å². The molecule has 1 amide bonds. The first kappa shape index (κ1) is 12.8. The molecule has 0 aromatic heterocycles. The number of anilines is 1. The van der Waals surface area contributed by atoms with Crippen LogP contribution in [-0.4, -0.2) is 11.9 Å². The number of rotatable bonds is 4. The summed E-state index contributed by atoms with van der Waals surface area (Å²) < 4.78 is 0. The Balaban J connectivity index is 2.62. The summed E-state index contributed by atoms with van der Waals surface area (Å²) >= 11 is 11.5. The highest BCUT2D eigenvalue weighted by Gasteiger charge is 2.06. The number of benzene rings is 1. The van der Waals surface area contributed by atoms with Gasteiger partial charge in [0.15, 0.2) is 0 Å². The molecule has 6 heteroatoms. The fraction of sp³-hybridized carbons (Fsp3) is 0.200. The second kappa shape index (κ2) is 5.72. The minimum absolute atomic E-state index is 0.162. The van der Waals surface area contributed by atoms with Gasteiger partial charge in [0.05, 0.1) is 10.7 Å². The lowest BCUT2D eigenvalue weighted by Gasteiger charge is -2.07. The van der Waals surface area contributed by atoms with Crippen molar-refractivity contribution in [2.75, 3.05) is 5.32 Å². The molecule has 0 saturated carbocycles. The molecule has 1 N–H and O–H groups in total. The van der Waals surface area contributed by atoms with Gasteiger partial charge in [0.2, 0.25) is 5.91 Å². The maximum absolute atomic E-state index is 11.3. The van der Waals surface area contributed by atoms with E-state index in [0.717, 1.165) is 0 Å². The van der Waals surface area contributed by atoms with Crippen molar-refractivity contribution in [1.82, 2.24) is 0 Å². The fourth-order valence-electron chi connectivity index (χ4n) is 1.02. The van der Waals surface area contributed by atoms with Crippen molar-refractivity contribution in [3.05, 3.63) is 28.2 Å². The highest BCUT2D eigenvalue weighted by Crippen LogP contribution is 2.25. The zero-order chi connectivity index (χ0) is 12.1. The summed E-state index contributed by atoms with van der Waals surface area (Å²) in [6, 6.07) is 4.61. The smallest absolute Gasteiger partial charge is 0.224 e. The summed E-state index contributed by atoms with van der Waals surface area (Å²) in [5.41, 5.74) is 0.359. The van der Waals surface area contributed by atoms with E-state index in [1.165, 1.54) is 12.1 Å². The van der Waals surface area contributed by atoms with Crippen LogP contribution in [0, 0.1) is 0 Å². The van der Waals surface area contributed by atoms with Crippen LogP contribution >= 0.6 is 23.2 Å². The van der Waals surface area contributed by atoms with E-state index in [0.29, 0.717) is 15.7 Å². The Morgan fingerprint density at radius 3 is 2.56 bits per heavy atom. The molecule has 0 saturated heterocycles. The van der Waals surface area contributed by atoms with Crippen molar-refractivity contribution in [1.29, 1.82) is 0 Å². The number of nitrogens with one attached hydrogen (secondary N) is 1. The number of hydrogen-bond acceptors (Lipinski definition) is 3. The molecule has 0 aliphatic rings. The fourth-order valence-corrected chi connectivity index (χ4v) is 1.36. The second-order valence-corrected chi connectivity index (χ2v) is 3.89. The summed E-state index contributed by atoms with van der Waals surface area (Å²) in [6.07, 6.45) is -0.491. The lowest BCUT2D eigenvalue weighted by atomic mass is 10.2. The Morgan fingerprint density at radius 1 is 1.25 bits per heavy atom. The van der Waals surface area contributed by atoms with Crippen molar-refractivity contribution in [2.24, 2.45) is 0 Å². The van der Waals surface area contributed by atoms with E-state index in [9.17, 15) is 14.7 Å². The van der Waals surface area contributed by atoms with E-state index in [4.69, 9.17) is 23.2 Å². The van der Waals surface area contributed by atoms with E-state index in [-0.39, 0.29) is 12.8 Å². The summed E-state index contributed by atoms with van der Waals surface area (Å²) in [7, 11) is 0. The first-order valence-electron chi connectivity index (χ1n) is 4.44. The molecular weight excluding hydrogens is 253 g/mol. The van der Waals surface area contributed by atoms with Gasteiger partial charge in [0, 0.05) is 17.4 Å². The summed E-state index contributed by atoms with van der Waals surface area (Å²) in [5, 5.41) is 13.4. The highest BCUT2D eigenvalue weighted by molar-refractivity contribution is 6.35. The quantitative estimate of drug-likeness (QED) is 0.892. The van der Waals surface area contributed by atoms with E-state index >= 15 is 0 Å². The Hall–Kier alpha value is -1.26. The average Bonchev–Trinajstić information content (AvgIpc) is 2.20. The maximum atomic E-state index is 11.3. The molecule has 0 fully saturated rings. The second-order valence-electron chi connectivity index (χ2n) is 3.04. The number of carbonyl (C=O) groups is 2. The molecule has 1 rings (SSSR count). The van der Waals surface area contributed by atoms with Gasteiger partial charge in [-0.3, -0.25) is 4.79 Å². The van der Waals surface area contributed by atoms with Crippen molar-refractivity contribution in [3.63, 3.8) is 0 Å². The number of hydrogen-bond donors (Lipinski definition) is 1. The highest BCUT2D eigenvalue weighted by atomic mass is 35.5. The zero-order valence-corrected chi connectivity index (χ0v) is 9.64. The minimum atomic E-state index is -1.27. The van der Waals surface area contributed by atoms with Crippen LogP contribution in [0.15, 0.2) is 18.2 Å². The van der Waals surface area contributed by atoms with Crippen LogP contribution < -0.4 is 10.4 Å². The molecule has 0 heterocycles. The van der Waals surface area contributed by atoms with Crippen molar-refractivity contribution < 1.29 is 14.7 Å². The Labute approximate surface area is 102 Å². The number of carboxylic acids is 1. The normalized spacial score (nSPS) is 9.88. The van der Waals surface area contributed by atoms with Crippen molar-refractivity contribution in [3.8, 4) is 0 Å². The predicted molar refractivity (Wildman–Crippen MR) is 59.3 cm³/mol. The molecule has 16 heavy (non-hydrogen) atoms. The molecular formula is C10H8Cl2NO3-. The monoisotopic (exact) mass is 260 g/mol. The molecule has 86 valence electrons. The van der Waals surface area contributed by atoms with Crippen LogP contribution in [0.4, 0.5) is 5.69 Å². The molecule has 4 nitrogen and oxygen atoms in total. The van der Waals surface area contributed by atoms with Gasteiger partial charge in [0.1, 0.15) is 0 Å². The van der Waals surface area contributed by atoms with Gasteiger partial charge in [-0.15, -0.1) is 0 Å². The standard InChI is InChI=1S/C10H9Cl2NO3/c11-6-1-2-7(12)8(5-6)13-9(14)3-4-10(15)16/h1-2,5H,3-4H2,(H,13,14)(H,15,16)/p-1. The van der Waals surface area contributed by atoms with E-state index < -0.39 is 11.9 Å². The van der Waals surface area contributed by atoms with E-state index in [2.05, 4.69) is 5.32 Å². The molecule has 0 aliphatic carbocycles. The average molecular weight is 261 g/mol. The Kier molecular flexibility index (Phi) is 4.58. The third-order valence-corrected chi connectivity index (χ3v) is 2.32. The third-order valence-electron chi connectivity index (χ3n) is 1.76. The van der Waals surface area contributed by atoms with Crippen molar-refractivity contribution in [2.45, 2.75) is 12.8 Å². The summed E-state index contributed by atoms with van der Waals surface area (Å²) in [4.78, 5) is 21.4. The zero-order valence-electron chi connectivity index (χ0n) is 8.13. The van der Waals surface area contributed by atoms with Crippen LogP contribution in [0.1, 0.15) is 12.8 Å². The number of carboxylic acid groups (broad SMARTS) is 1. The molecule has 1 aromatic carbocycles. The summed E-state index contributed by atoms with van der Waals surface area (Å²) in [5.74, 6) is -1.72. The number of carbonyl (C=O) groups excluding carboxylic acids is 2. The third kappa shape index (κ3) is 4.08. The first-order chi connectivity index (χ1) is 7.49. The van der Waals surface area contributed by atoms with Crippen molar-refractivity contribution >= 4 is 40.8 Å². The van der Waals surface area contributed by atoms with Gasteiger partial charge < -0.3 is 15.2 Å². The predicted octanol–water partition coefficient (Wildman–Crippen LogP) is 1.46. The first-order valence-corrected chi connectivity index (χ1v) is 5.19. The molecule has 0 radical (unpaired) electrons. The summed E-state index contributed by atoms with van der Waals surface area (Å²) in [6.45, 7) is 0. The molecule has 0 spiro atoms. The van der Waals surface area contributed by atoms with Gasteiger partial charge in [-0.2, -0.15) is 0 Å². The number of aliphatic carboxylic acids is 1. The lowest BCUT2D eigenvalue weighted by Crippen LogP contribution is -2.24. The van der Waals surface area contributed by atoms with E-state index in [1.807, 2.05) is 0 Å². The van der Waals surface area contributed by atoms with Crippen LogP contribution in [-0.2, 0) is 9.59 Å². The van der Waals surface area contributed by atoms with Gasteiger partial charge in [-0.1, -0.05) is 23.2 Å². The maximum Gasteiger partial charge on any atom is 0.224 e. The lowest BCUT2D eigenvalue weighted by molar-refractivity contribution is -0.305. The van der Waals surface area contributed by atoms with Gasteiger partial charge in [-0.05, 0) is 24.6 Å². The molecule has 1 aromatic rings. The van der Waals surface area contributed by atoms with Crippen LogP contribution in [0.3, 0.4) is 0 Å². The van der Waals surface area contributed by atoms with E-state index in [1.54, 1.807) is 6.07 Å². The topological polar surface area (TPSA) is 69.2 Å². The number of halogens is 2. The molecule has 0 bridgehead atoms. The molecule has 0 unspecified atom stereocenters.